The van der Waals surface area contributed by atoms with Crippen LogP contribution in [-0.4, -0.2) is 37.2 Å². The number of aryl methyl sites for hydroxylation is 1. The summed E-state index contributed by atoms with van der Waals surface area (Å²) in [6.45, 7) is 7.20. The van der Waals surface area contributed by atoms with E-state index < -0.39 is 0 Å². The Balaban J connectivity index is 1.96. The van der Waals surface area contributed by atoms with Gasteiger partial charge in [0.15, 0.2) is 0 Å². The molecular weight excluding hydrogens is 266 g/mol. The lowest BCUT2D eigenvalue weighted by molar-refractivity contribution is 0.0643. The second-order valence-corrected chi connectivity index (χ2v) is 5.56. The Kier molecular flexibility index (Phi) is 5.99. The molecule has 0 bridgehead atoms. The van der Waals surface area contributed by atoms with Crippen molar-refractivity contribution in [1.82, 2.24) is 10.3 Å². The van der Waals surface area contributed by atoms with E-state index in [-0.39, 0.29) is 5.91 Å². The van der Waals surface area contributed by atoms with Gasteiger partial charge in [-0.25, -0.2) is 0 Å². The number of pyridine rings is 1. The van der Waals surface area contributed by atoms with Gasteiger partial charge in [-0.2, -0.15) is 0 Å². The minimum absolute atomic E-state index is 0.0485. The van der Waals surface area contributed by atoms with Crippen LogP contribution in [-0.2, 0) is 4.74 Å². The fourth-order valence-corrected chi connectivity index (χ4v) is 2.43. The minimum Gasteiger partial charge on any atom is -0.384 e. The van der Waals surface area contributed by atoms with Crippen LogP contribution in [0.3, 0.4) is 0 Å². The zero-order valence-corrected chi connectivity index (χ0v) is 12.9. The lowest BCUT2D eigenvalue weighted by Gasteiger charge is -2.22. The van der Waals surface area contributed by atoms with Crippen LogP contribution < -0.4 is 10.6 Å². The van der Waals surface area contributed by atoms with Crippen LogP contribution in [0.2, 0.25) is 0 Å². The van der Waals surface area contributed by atoms with Crippen molar-refractivity contribution in [2.45, 2.75) is 33.1 Å². The van der Waals surface area contributed by atoms with E-state index in [0.29, 0.717) is 18.0 Å². The van der Waals surface area contributed by atoms with E-state index in [9.17, 15) is 4.79 Å². The second-order valence-electron chi connectivity index (χ2n) is 5.56. The van der Waals surface area contributed by atoms with Gasteiger partial charge >= 0.3 is 0 Å². The molecule has 2 heterocycles. The maximum Gasteiger partial charge on any atom is 0.254 e. The van der Waals surface area contributed by atoms with Gasteiger partial charge < -0.3 is 15.4 Å². The summed E-state index contributed by atoms with van der Waals surface area (Å²) in [6.07, 6.45) is 4.72. The summed E-state index contributed by atoms with van der Waals surface area (Å²) in [7, 11) is 0. The Bertz CT molecular complexity index is 471. The molecule has 0 atom stereocenters. The highest BCUT2D eigenvalue weighted by molar-refractivity contribution is 5.99. The molecule has 21 heavy (non-hydrogen) atoms. The van der Waals surface area contributed by atoms with E-state index in [1.165, 1.54) is 0 Å². The molecule has 116 valence electrons. The van der Waals surface area contributed by atoms with E-state index in [2.05, 4.69) is 22.5 Å². The third-order valence-electron chi connectivity index (χ3n) is 3.74. The number of ether oxygens (including phenoxy) is 1. The largest absolute Gasteiger partial charge is 0.384 e. The van der Waals surface area contributed by atoms with Gasteiger partial charge in [0.2, 0.25) is 0 Å². The lowest BCUT2D eigenvalue weighted by atomic mass is 10.0. The van der Waals surface area contributed by atoms with Gasteiger partial charge in [0, 0.05) is 38.2 Å². The summed E-state index contributed by atoms with van der Waals surface area (Å²) in [5.41, 5.74) is 2.41. The third-order valence-corrected chi connectivity index (χ3v) is 3.74. The van der Waals surface area contributed by atoms with Crippen LogP contribution in [0.4, 0.5) is 5.69 Å². The van der Waals surface area contributed by atoms with E-state index >= 15 is 0 Å². The van der Waals surface area contributed by atoms with Crippen molar-refractivity contribution in [3.63, 3.8) is 0 Å². The number of amides is 1. The summed E-state index contributed by atoms with van der Waals surface area (Å²) in [5.74, 6) is 0.473. The van der Waals surface area contributed by atoms with Crippen molar-refractivity contribution in [3.8, 4) is 0 Å². The third kappa shape index (κ3) is 4.70. The highest BCUT2D eigenvalue weighted by atomic mass is 16.5. The molecule has 1 amide bonds. The van der Waals surface area contributed by atoms with Gasteiger partial charge in [0.1, 0.15) is 0 Å². The van der Waals surface area contributed by atoms with Crippen molar-refractivity contribution in [1.29, 1.82) is 0 Å². The monoisotopic (exact) mass is 291 g/mol. The second kappa shape index (κ2) is 7.98. The molecule has 5 heteroatoms. The zero-order chi connectivity index (χ0) is 15.1. The number of rotatable bonds is 6. The Morgan fingerprint density at radius 2 is 2.19 bits per heavy atom. The Hall–Kier alpha value is -1.62. The standard InChI is InChI=1S/C16H25N3O2/c1-3-6-17-15-9-12(2)18-11-14(15)16(20)19-10-13-4-7-21-8-5-13/h9,11,13H,3-8,10H2,1-2H3,(H,17,18)(H,19,20). The normalized spacial score (nSPS) is 15.7. The van der Waals surface area contributed by atoms with Crippen LogP contribution in [0.15, 0.2) is 12.3 Å². The molecule has 0 aliphatic carbocycles. The number of hydrogen-bond donors (Lipinski definition) is 2. The average molecular weight is 291 g/mol. The van der Waals surface area contributed by atoms with Crippen LogP contribution in [0.1, 0.15) is 42.2 Å². The molecule has 0 saturated carbocycles. The molecule has 1 aromatic heterocycles. The van der Waals surface area contributed by atoms with Crippen molar-refractivity contribution in [3.05, 3.63) is 23.5 Å². The Labute approximate surface area is 126 Å². The van der Waals surface area contributed by atoms with Crippen LogP contribution in [0.5, 0.6) is 0 Å². The number of carbonyl (C=O) groups is 1. The van der Waals surface area contributed by atoms with Gasteiger partial charge in [-0.05, 0) is 38.2 Å². The average Bonchev–Trinajstić information content (AvgIpc) is 2.51. The van der Waals surface area contributed by atoms with Crippen LogP contribution >= 0.6 is 0 Å². The summed E-state index contributed by atoms with van der Waals surface area (Å²) in [4.78, 5) is 16.6. The SMILES string of the molecule is CCCNc1cc(C)ncc1C(=O)NCC1CCOCC1. The number of nitrogens with one attached hydrogen (secondary N) is 2. The molecule has 0 aromatic carbocycles. The number of anilines is 1. The number of carbonyl (C=O) groups excluding carboxylic acids is 1. The summed E-state index contributed by atoms with van der Waals surface area (Å²) >= 11 is 0. The predicted molar refractivity (Wildman–Crippen MR) is 83.6 cm³/mol. The molecule has 1 aromatic rings. The number of hydrogen-bond acceptors (Lipinski definition) is 4. The van der Waals surface area contributed by atoms with Crippen LogP contribution in [0.25, 0.3) is 0 Å². The molecule has 1 saturated heterocycles. The van der Waals surface area contributed by atoms with Gasteiger partial charge in [-0.1, -0.05) is 6.92 Å². The maximum absolute atomic E-state index is 12.4. The first-order valence-electron chi connectivity index (χ1n) is 7.77. The van der Waals surface area contributed by atoms with Crippen molar-refractivity contribution < 1.29 is 9.53 Å². The van der Waals surface area contributed by atoms with Gasteiger partial charge in [-0.3, -0.25) is 9.78 Å². The minimum atomic E-state index is -0.0485. The molecule has 1 aliphatic rings. The lowest BCUT2D eigenvalue weighted by Crippen LogP contribution is -2.32. The number of aromatic nitrogens is 1. The maximum atomic E-state index is 12.4. The van der Waals surface area contributed by atoms with Crippen molar-refractivity contribution >= 4 is 11.6 Å². The number of nitrogens with zero attached hydrogens (tertiary/aromatic N) is 1. The smallest absolute Gasteiger partial charge is 0.254 e. The van der Waals surface area contributed by atoms with E-state index in [1.54, 1.807) is 6.20 Å². The molecule has 0 unspecified atom stereocenters. The molecule has 2 rings (SSSR count). The molecule has 1 fully saturated rings. The summed E-state index contributed by atoms with van der Waals surface area (Å²) < 4.78 is 5.34. The molecule has 5 nitrogen and oxygen atoms in total. The molecule has 2 N–H and O–H groups in total. The summed E-state index contributed by atoms with van der Waals surface area (Å²) in [6, 6.07) is 1.93. The van der Waals surface area contributed by atoms with Crippen molar-refractivity contribution in [2.24, 2.45) is 5.92 Å². The fourth-order valence-electron chi connectivity index (χ4n) is 2.43. The van der Waals surface area contributed by atoms with Gasteiger partial charge in [-0.15, -0.1) is 0 Å². The fraction of sp³-hybridized carbons (Fsp3) is 0.625. The molecule has 0 radical (unpaired) electrons. The first kappa shape index (κ1) is 15.8. The van der Waals surface area contributed by atoms with Crippen molar-refractivity contribution in [2.75, 3.05) is 31.6 Å². The van der Waals surface area contributed by atoms with Crippen LogP contribution in [0, 0.1) is 12.8 Å². The van der Waals surface area contributed by atoms with Gasteiger partial charge in [0.25, 0.3) is 5.91 Å². The van der Waals surface area contributed by atoms with E-state index in [1.807, 2.05) is 13.0 Å². The zero-order valence-electron chi connectivity index (χ0n) is 12.9. The topological polar surface area (TPSA) is 63.2 Å². The Morgan fingerprint density at radius 3 is 2.90 bits per heavy atom. The first-order chi connectivity index (χ1) is 10.2. The highest BCUT2D eigenvalue weighted by Gasteiger charge is 2.17. The first-order valence-corrected chi connectivity index (χ1v) is 7.77. The van der Waals surface area contributed by atoms with E-state index in [4.69, 9.17) is 4.74 Å². The predicted octanol–water partition coefficient (Wildman–Crippen LogP) is 2.37. The Morgan fingerprint density at radius 1 is 1.43 bits per heavy atom. The van der Waals surface area contributed by atoms with Gasteiger partial charge in [0.05, 0.1) is 11.3 Å². The molecular formula is C16H25N3O2. The summed E-state index contributed by atoms with van der Waals surface area (Å²) in [5, 5.41) is 6.33. The highest BCUT2D eigenvalue weighted by Crippen LogP contribution is 2.17. The molecule has 1 aliphatic heterocycles. The molecule has 0 spiro atoms. The van der Waals surface area contributed by atoms with E-state index in [0.717, 1.165) is 50.4 Å². The quantitative estimate of drug-likeness (QED) is 0.844.